The first kappa shape index (κ1) is 19.1. The Hall–Kier alpha value is -2.85. The summed E-state index contributed by atoms with van der Waals surface area (Å²) in [6.07, 6.45) is 11.1. The van der Waals surface area contributed by atoms with Gasteiger partial charge in [0.2, 0.25) is 0 Å². The van der Waals surface area contributed by atoms with Crippen LogP contribution in [0, 0.1) is 0 Å². The number of nitrogens with zero attached hydrogens (tertiary/aromatic N) is 8. The molecule has 0 aromatic carbocycles. The van der Waals surface area contributed by atoms with Crippen molar-refractivity contribution in [3.63, 3.8) is 0 Å². The second kappa shape index (κ2) is 7.77. The zero-order valence-corrected chi connectivity index (χ0v) is 18.4. The number of piperazine rings is 1. The van der Waals surface area contributed by atoms with E-state index in [1.54, 1.807) is 12.4 Å². The van der Waals surface area contributed by atoms with Crippen molar-refractivity contribution in [2.24, 2.45) is 0 Å². The van der Waals surface area contributed by atoms with Gasteiger partial charge in [-0.2, -0.15) is 5.10 Å². The lowest BCUT2D eigenvalue weighted by Gasteiger charge is -2.46. The van der Waals surface area contributed by atoms with Gasteiger partial charge in [-0.3, -0.25) is 14.4 Å². The largest absolute Gasteiger partial charge is 0.351 e. The van der Waals surface area contributed by atoms with Gasteiger partial charge in [-0.15, -0.1) is 0 Å². The second-order valence-electron chi connectivity index (χ2n) is 7.36. The van der Waals surface area contributed by atoms with Gasteiger partial charge in [0.15, 0.2) is 11.5 Å². The van der Waals surface area contributed by atoms with E-state index in [4.69, 9.17) is 4.98 Å². The molecule has 0 amide bonds. The standard InChI is InChI=1S/C20H22BrN9/c1-3-28-6-7-29(13(2)19(28)14-8-25-26-9-14)17-4-5-22-20(27-17)15-10-24-18-11-23-16(21)12-30(15)18/h4-5,8-13,19H,3,6-7H2,1-2H3,(H,25,26). The van der Waals surface area contributed by atoms with E-state index in [1.807, 2.05) is 35.3 Å². The number of nitrogens with one attached hydrogen (secondary N) is 1. The van der Waals surface area contributed by atoms with Crippen LogP contribution in [-0.2, 0) is 0 Å². The molecule has 154 valence electrons. The molecule has 5 rings (SSSR count). The summed E-state index contributed by atoms with van der Waals surface area (Å²) in [7, 11) is 0. The van der Waals surface area contributed by atoms with E-state index in [-0.39, 0.29) is 12.1 Å². The number of aromatic nitrogens is 7. The minimum atomic E-state index is 0.236. The quantitative estimate of drug-likeness (QED) is 0.493. The normalized spacial score (nSPS) is 20.2. The third-order valence-electron chi connectivity index (χ3n) is 5.77. The first-order valence-electron chi connectivity index (χ1n) is 9.97. The fraction of sp³-hybridized carbons (Fsp3) is 0.350. The third-order valence-corrected chi connectivity index (χ3v) is 6.18. The van der Waals surface area contributed by atoms with Crippen LogP contribution in [0.2, 0.25) is 0 Å². The zero-order valence-electron chi connectivity index (χ0n) is 16.8. The summed E-state index contributed by atoms with van der Waals surface area (Å²) < 4.78 is 2.68. The molecule has 2 unspecified atom stereocenters. The van der Waals surface area contributed by atoms with E-state index in [0.29, 0.717) is 5.82 Å². The highest BCUT2D eigenvalue weighted by Crippen LogP contribution is 2.33. The molecule has 0 saturated carbocycles. The molecule has 2 atom stereocenters. The van der Waals surface area contributed by atoms with Crippen LogP contribution in [0.4, 0.5) is 5.82 Å². The lowest BCUT2D eigenvalue weighted by atomic mass is 9.97. The van der Waals surface area contributed by atoms with Gasteiger partial charge in [-0.05, 0) is 35.5 Å². The lowest BCUT2D eigenvalue weighted by molar-refractivity contribution is 0.153. The first-order valence-corrected chi connectivity index (χ1v) is 10.8. The van der Waals surface area contributed by atoms with Crippen LogP contribution in [-0.4, -0.2) is 65.1 Å². The van der Waals surface area contributed by atoms with Gasteiger partial charge in [0.25, 0.3) is 0 Å². The molecule has 0 bridgehead atoms. The van der Waals surface area contributed by atoms with E-state index in [0.717, 1.165) is 41.4 Å². The fourth-order valence-electron chi connectivity index (χ4n) is 4.31. The van der Waals surface area contributed by atoms with Crippen LogP contribution >= 0.6 is 15.9 Å². The van der Waals surface area contributed by atoms with Gasteiger partial charge in [-0.1, -0.05) is 6.92 Å². The van der Waals surface area contributed by atoms with Crippen LogP contribution in [0.3, 0.4) is 0 Å². The van der Waals surface area contributed by atoms with Gasteiger partial charge in [0.1, 0.15) is 16.1 Å². The van der Waals surface area contributed by atoms with Crippen molar-refractivity contribution in [1.82, 2.24) is 39.4 Å². The fourth-order valence-corrected chi connectivity index (χ4v) is 4.62. The second-order valence-corrected chi connectivity index (χ2v) is 8.17. The average Bonchev–Trinajstić information content (AvgIpc) is 3.43. The van der Waals surface area contributed by atoms with Crippen LogP contribution in [0.1, 0.15) is 25.5 Å². The Morgan fingerprint density at radius 2 is 2.07 bits per heavy atom. The molecule has 1 saturated heterocycles. The molecule has 4 aromatic rings. The number of rotatable bonds is 4. The van der Waals surface area contributed by atoms with Crippen molar-refractivity contribution in [2.45, 2.75) is 25.9 Å². The Labute approximate surface area is 182 Å². The third kappa shape index (κ3) is 3.25. The molecule has 1 aliphatic heterocycles. The van der Waals surface area contributed by atoms with Crippen molar-refractivity contribution >= 4 is 27.4 Å². The minimum Gasteiger partial charge on any atom is -0.351 e. The number of H-pyrrole nitrogens is 1. The predicted molar refractivity (Wildman–Crippen MR) is 117 cm³/mol. The van der Waals surface area contributed by atoms with Gasteiger partial charge in [0.05, 0.1) is 24.6 Å². The maximum Gasteiger partial charge on any atom is 0.180 e. The summed E-state index contributed by atoms with van der Waals surface area (Å²) in [6, 6.07) is 2.47. The van der Waals surface area contributed by atoms with Crippen molar-refractivity contribution in [2.75, 3.05) is 24.5 Å². The van der Waals surface area contributed by atoms with Crippen molar-refractivity contribution in [1.29, 1.82) is 0 Å². The van der Waals surface area contributed by atoms with Gasteiger partial charge >= 0.3 is 0 Å². The minimum absolute atomic E-state index is 0.236. The zero-order chi connectivity index (χ0) is 20.7. The van der Waals surface area contributed by atoms with Crippen molar-refractivity contribution < 1.29 is 0 Å². The number of hydrogen-bond donors (Lipinski definition) is 1. The molecule has 5 heterocycles. The Bertz CT molecular complexity index is 1160. The number of aromatic amines is 1. The summed E-state index contributed by atoms with van der Waals surface area (Å²) in [4.78, 5) is 22.9. The number of imidazole rings is 1. The lowest BCUT2D eigenvalue weighted by Crippen LogP contribution is -2.54. The molecular formula is C20H22BrN9. The molecule has 0 radical (unpaired) electrons. The van der Waals surface area contributed by atoms with Crippen LogP contribution in [0.25, 0.3) is 17.2 Å². The van der Waals surface area contributed by atoms with Crippen molar-refractivity contribution in [3.05, 3.63) is 53.4 Å². The smallest absolute Gasteiger partial charge is 0.180 e. The van der Waals surface area contributed by atoms with Crippen molar-refractivity contribution in [3.8, 4) is 11.5 Å². The summed E-state index contributed by atoms with van der Waals surface area (Å²) >= 11 is 3.43. The molecule has 0 spiro atoms. The van der Waals surface area contributed by atoms with E-state index >= 15 is 0 Å². The number of likely N-dealkylation sites (N-methyl/N-ethyl adjacent to an activating group) is 1. The Balaban J connectivity index is 1.51. The van der Waals surface area contributed by atoms with E-state index in [2.05, 4.69) is 64.7 Å². The summed E-state index contributed by atoms with van der Waals surface area (Å²) in [5.41, 5.74) is 2.79. The molecule has 0 aliphatic carbocycles. The highest BCUT2D eigenvalue weighted by atomic mass is 79.9. The average molecular weight is 468 g/mol. The monoisotopic (exact) mass is 467 g/mol. The highest BCUT2D eigenvalue weighted by molar-refractivity contribution is 9.10. The molecular weight excluding hydrogens is 446 g/mol. The van der Waals surface area contributed by atoms with Gasteiger partial charge in [-0.25, -0.2) is 19.9 Å². The number of halogens is 1. The van der Waals surface area contributed by atoms with Crippen LogP contribution in [0.5, 0.6) is 0 Å². The maximum absolute atomic E-state index is 4.91. The van der Waals surface area contributed by atoms with E-state index in [1.165, 1.54) is 5.56 Å². The van der Waals surface area contributed by atoms with Gasteiger partial charge in [0, 0.05) is 43.3 Å². The summed E-state index contributed by atoms with van der Waals surface area (Å²) in [5, 5.41) is 7.12. The topological polar surface area (TPSA) is 91.1 Å². The summed E-state index contributed by atoms with van der Waals surface area (Å²) in [6.45, 7) is 7.31. The number of fused-ring (bicyclic) bond motifs is 1. The SMILES string of the molecule is CCN1CCN(c2ccnc(-c3cnc4cnc(Br)cn34)n2)C(C)C1c1cn[nH]c1. The molecule has 30 heavy (non-hydrogen) atoms. The number of hydrogen-bond acceptors (Lipinski definition) is 7. The molecule has 1 N–H and O–H groups in total. The maximum atomic E-state index is 4.91. The molecule has 4 aromatic heterocycles. The van der Waals surface area contributed by atoms with E-state index in [9.17, 15) is 0 Å². The van der Waals surface area contributed by atoms with Crippen LogP contribution in [0.15, 0.2) is 47.9 Å². The molecule has 9 nitrogen and oxygen atoms in total. The van der Waals surface area contributed by atoms with Gasteiger partial charge < -0.3 is 4.90 Å². The van der Waals surface area contributed by atoms with E-state index < -0.39 is 0 Å². The molecule has 1 fully saturated rings. The van der Waals surface area contributed by atoms with Crippen LogP contribution < -0.4 is 4.90 Å². The molecule has 10 heteroatoms. The highest BCUT2D eigenvalue weighted by Gasteiger charge is 2.35. The molecule has 1 aliphatic rings. The predicted octanol–water partition coefficient (Wildman–Crippen LogP) is 2.94. The first-order chi connectivity index (χ1) is 14.7. The Morgan fingerprint density at radius 3 is 2.87 bits per heavy atom. The number of anilines is 1. The Morgan fingerprint density at radius 1 is 1.17 bits per heavy atom. The Kier molecular flexibility index (Phi) is 4.95. The summed E-state index contributed by atoms with van der Waals surface area (Å²) in [5.74, 6) is 1.56.